The van der Waals surface area contributed by atoms with Crippen LogP contribution in [-0.2, 0) is 11.3 Å². The van der Waals surface area contributed by atoms with Crippen LogP contribution in [0.4, 0.5) is 0 Å². The third kappa shape index (κ3) is 3.43. The van der Waals surface area contributed by atoms with E-state index in [2.05, 4.69) is 16.4 Å². The zero-order valence-electron chi connectivity index (χ0n) is 15.0. The van der Waals surface area contributed by atoms with Crippen molar-refractivity contribution in [1.82, 2.24) is 19.8 Å². The number of nitrogens with zero attached hydrogens (tertiary/aromatic N) is 4. The third-order valence-corrected chi connectivity index (χ3v) is 5.36. The number of carbonyl (C=O) groups excluding carboxylic acids is 2. The summed E-state index contributed by atoms with van der Waals surface area (Å²) in [5, 5.41) is 12.2. The summed E-state index contributed by atoms with van der Waals surface area (Å²) in [6, 6.07) is 8.44. The van der Waals surface area contributed by atoms with E-state index < -0.39 is 6.04 Å². The van der Waals surface area contributed by atoms with Gasteiger partial charge in [-0.25, -0.2) is 4.98 Å². The summed E-state index contributed by atoms with van der Waals surface area (Å²) in [7, 11) is 0. The van der Waals surface area contributed by atoms with Crippen LogP contribution in [0.15, 0.2) is 36.8 Å². The van der Waals surface area contributed by atoms with Gasteiger partial charge in [-0.2, -0.15) is 5.26 Å². The van der Waals surface area contributed by atoms with Gasteiger partial charge in [-0.05, 0) is 31.0 Å². The summed E-state index contributed by atoms with van der Waals surface area (Å²) >= 11 is 0. The van der Waals surface area contributed by atoms with Crippen LogP contribution < -0.4 is 5.32 Å². The SMILES string of the molecule is N#Cc1cccc(C(=O)N2Cc3cncn3[C@H](C(=O)NC3CCCC3)C2)c1. The van der Waals surface area contributed by atoms with Crippen LogP contribution >= 0.6 is 0 Å². The van der Waals surface area contributed by atoms with Crippen LogP contribution in [0, 0.1) is 11.3 Å². The molecule has 138 valence electrons. The summed E-state index contributed by atoms with van der Waals surface area (Å²) in [4.78, 5) is 31.7. The molecule has 0 saturated heterocycles. The molecule has 2 amide bonds. The Morgan fingerprint density at radius 2 is 2.07 bits per heavy atom. The molecule has 0 spiro atoms. The molecule has 1 aromatic carbocycles. The summed E-state index contributed by atoms with van der Waals surface area (Å²) < 4.78 is 1.86. The van der Waals surface area contributed by atoms with Gasteiger partial charge in [0.1, 0.15) is 6.04 Å². The first kappa shape index (κ1) is 17.3. The van der Waals surface area contributed by atoms with Gasteiger partial charge < -0.3 is 14.8 Å². The number of carbonyl (C=O) groups is 2. The van der Waals surface area contributed by atoms with Crippen LogP contribution in [0.1, 0.15) is 53.3 Å². The topological polar surface area (TPSA) is 91.0 Å². The van der Waals surface area contributed by atoms with E-state index in [1.54, 1.807) is 41.7 Å². The lowest BCUT2D eigenvalue weighted by Crippen LogP contribution is -2.48. The number of imidazole rings is 1. The van der Waals surface area contributed by atoms with Crippen molar-refractivity contribution in [1.29, 1.82) is 5.26 Å². The molecule has 1 aliphatic carbocycles. The van der Waals surface area contributed by atoms with E-state index in [4.69, 9.17) is 5.26 Å². The Morgan fingerprint density at radius 1 is 1.26 bits per heavy atom. The Hall–Kier alpha value is -3.14. The molecule has 7 nitrogen and oxygen atoms in total. The summed E-state index contributed by atoms with van der Waals surface area (Å²) in [6.07, 6.45) is 7.67. The second-order valence-corrected chi connectivity index (χ2v) is 7.18. The fraction of sp³-hybridized carbons (Fsp3) is 0.400. The molecule has 27 heavy (non-hydrogen) atoms. The van der Waals surface area contributed by atoms with Gasteiger partial charge in [0.25, 0.3) is 5.91 Å². The van der Waals surface area contributed by atoms with Gasteiger partial charge >= 0.3 is 0 Å². The Labute approximate surface area is 157 Å². The van der Waals surface area contributed by atoms with Gasteiger partial charge in [-0.1, -0.05) is 18.9 Å². The van der Waals surface area contributed by atoms with Crippen LogP contribution in [0.3, 0.4) is 0 Å². The molecule has 1 aliphatic heterocycles. The monoisotopic (exact) mass is 363 g/mol. The van der Waals surface area contributed by atoms with Crippen molar-refractivity contribution in [3.05, 3.63) is 53.6 Å². The molecular weight excluding hydrogens is 342 g/mol. The van der Waals surface area contributed by atoms with Crippen molar-refractivity contribution in [2.75, 3.05) is 6.54 Å². The Kier molecular flexibility index (Phi) is 4.63. The maximum absolute atomic E-state index is 13.0. The fourth-order valence-corrected chi connectivity index (χ4v) is 3.93. The number of hydrogen-bond donors (Lipinski definition) is 1. The van der Waals surface area contributed by atoms with Crippen LogP contribution in [-0.4, -0.2) is 38.9 Å². The minimum absolute atomic E-state index is 0.0653. The highest BCUT2D eigenvalue weighted by Gasteiger charge is 2.34. The number of rotatable bonds is 3. The molecule has 0 unspecified atom stereocenters. The second-order valence-electron chi connectivity index (χ2n) is 7.18. The highest BCUT2D eigenvalue weighted by molar-refractivity contribution is 5.95. The number of hydrogen-bond acceptors (Lipinski definition) is 4. The maximum Gasteiger partial charge on any atom is 0.254 e. The van der Waals surface area contributed by atoms with Crippen LogP contribution in [0.2, 0.25) is 0 Å². The van der Waals surface area contributed by atoms with Crippen LogP contribution in [0.25, 0.3) is 0 Å². The van der Waals surface area contributed by atoms with Gasteiger partial charge in [0.15, 0.2) is 0 Å². The van der Waals surface area contributed by atoms with Gasteiger partial charge in [-0.3, -0.25) is 9.59 Å². The fourth-order valence-electron chi connectivity index (χ4n) is 3.93. The van der Waals surface area contributed by atoms with Crippen molar-refractivity contribution < 1.29 is 9.59 Å². The molecule has 1 fully saturated rings. The first-order chi connectivity index (χ1) is 13.2. The zero-order valence-corrected chi connectivity index (χ0v) is 15.0. The van der Waals surface area contributed by atoms with Crippen molar-refractivity contribution in [3.63, 3.8) is 0 Å². The van der Waals surface area contributed by atoms with E-state index >= 15 is 0 Å². The molecule has 1 N–H and O–H groups in total. The standard InChI is InChI=1S/C20H21N5O2/c21-9-14-4-3-5-15(8-14)20(27)24-11-17-10-22-13-25(17)18(12-24)19(26)23-16-6-1-2-7-16/h3-5,8,10,13,16,18H,1-2,6-7,11-12H2,(H,23,26)/t18-/m0/s1. The van der Waals surface area contributed by atoms with Crippen molar-refractivity contribution in [2.45, 2.75) is 44.3 Å². The van der Waals surface area contributed by atoms with Gasteiger partial charge in [0, 0.05) is 17.8 Å². The molecule has 0 radical (unpaired) electrons. The molecule has 2 heterocycles. The Morgan fingerprint density at radius 3 is 2.85 bits per heavy atom. The molecule has 2 aliphatic rings. The average molecular weight is 363 g/mol. The maximum atomic E-state index is 13.0. The summed E-state index contributed by atoms with van der Waals surface area (Å²) in [6.45, 7) is 0.681. The first-order valence-electron chi connectivity index (χ1n) is 9.26. The smallest absolute Gasteiger partial charge is 0.254 e. The normalized spacial score (nSPS) is 19.4. The average Bonchev–Trinajstić information content (AvgIpc) is 3.38. The molecular formula is C20H21N5O2. The largest absolute Gasteiger partial charge is 0.352 e. The summed E-state index contributed by atoms with van der Waals surface area (Å²) in [5.41, 5.74) is 1.73. The van der Waals surface area contributed by atoms with Crippen LogP contribution in [0.5, 0.6) is 0 Å². The molecule has 0 bridgehead atoms. The summed E-state index contributed by atoms with van der Waals surface area (Å²) in [5.74, 6) is -0.248. The van der Waals surface area contributed by atoms with Gasteiger partial charge in [-0.15, -0.1) is 0 Å². The van der Waals surface area contributed by atoms with E-state index in [1.807, 2.05) is 4.57 Å². The highest BCUT2D eigenvalue weighted by Crippen LogP contribution is 2.24. The van der Waals surface area contributed by atoms with E-state index in [9.17, 15) is 9.59 Å². The number of aromatic nitrogens is 2. The molecule has 2 aromatic rings. The van der Waals surface area contributed by atoms with Crippen molar-refractivity contribution in [2.24, 2.45) is 0 Å². The Bertz CT molecular complexity index is 907. The van der Waals surface area contributed by atoms with Gasteiger partial charge in [0.2, 0.25) is 5.91 Å². The van der Waals surface area contributed by atoms with Gasteiger partial charge in [0.05, 0.1) is 36.7 Å². The van der Waals surface area contributed by atoms with E-state index in [0.29, 0.717) is 17.7 Å². The predicted molar refractivity (Wildman–Crippen MR) is 97.6 cm³/mol. The molecule has 4 rings (SSSR count). The molecule has 1 atom stereocenters. The first-order valence-corrected chi connectivity index (χ1v) is 9.26. The predicted octanol–water partition coefficient (Wildman–Crippen LogP) is 2.01. The van der Waals surface area contributed by atoms with Crippen molar-refractivity contribution >= 4 is 11.8 Å². The van der Waals surface area contributed by atoms with E-state index in [0.717, 1.165) is 31.4 Å². The second kappa shape index (κ2) is 7.23. The number of nitrogens with one attached hydrogen (secondary N) is 1. The minimum atomic E-state index is -0.486. The minimum Gasteiger partial charge on any atom is -0.352 e. The number of amides is 2. The lowest BCUT2D eigenvalue weighted by molar-refractivity contribution is -0.126. The van der Waals surface area contributed by atoms with Crippen molar-refractivity contribution in [3.8, 4) is 6.07 Å². The zero-order chi connectivity index (χ0) is 18.8. The Balaban J connectivity index is 1.56. The van der Waals surface area contributed by atoms with E-state index in [1.165, 1.54) is 0 Å². The lowest BCUT2D eigenvalue weighted by Gasteiger charge is -2.34. The van der Waals surface area contributed by atoms with E-state index in [-0.39, 0.29) is 24.4 Å². The molecule has 1 aromatic heterocycles. The quantitative estimate of drug-likeness (QED) is 0.903. The molecule has 1 saturated carbocycles. The number of nitriles is 1. The number of fused-ring (bicyclic) bond motifs is 1. The third-order valence-electron chi connectivity index (χ3n) is 5.36. The number of benzene rings is 1. The lowest BCUT2D eigenvalue weighted by atomic mass is 10.1. The highest BCUT2D eigenvalue weighted by atomic mass is 16.2. The molecule has 7 heteroatoms.